The fourth-order valence-corrected chi connectivity index (χ4v) is 1.36. The molecule has 0 N–H and O–H groups in total. The molecule has 0 aliphatic heterocycles. The molecule has 0 radical (unpaired) electrons. The first-order chi connectivity index (χ1) is 10.5. The molecule has 8 nitrogen and oxygen atoms in total. The summed E-state index contributed by atoms with van der Waals surface area (Å²) < 4.78 is 19.1. The van der Waals surface area contributed by atoms with Gasteiger partial charge in [-0.3, -0.25) is 0 Å². The molecule has 0 heterocycles. The lowest BCUT2D eigenvalue weighted by molar-refractivity contribution is -0.139. The number of nitrogens with zero attached hydrogens (tertiary/aromatic N) is 1. The molecule has 0 rings (SSSR count). The normalized spacial score (nSPS) is 11.0. The lowest BCUT2D eigenvalue weighted by atomic mass is 10.3. The van der Waals surface area contributed by atoms with Gasteiger partial charge in [-0.05, 0) is 13.8 Å². The fourth-order valence-electron chi connectivity index (χ4n) is 1.36. The average Bonchev–Trinajstić information content (AvgIpc) is 2.47. The van der Waals surface area contributed by atoms with Crippen LogP contribution in [-0.4, -0.2) is 70.1 Å². The Balaban J connectivity index is 4.59. The zero-order valence-corrected chi connectivity index (χ0v) is 13.4. The minimum Gasteiger partial charge on any atom is -0.463 e. The van der Waals surface area contributed by atoms with Crippen molar-refractivity contribution in [1.29, 1.82) is 0 Å². The molecule has 0 spiro atoms. The van der Waals surface area contributed by atoms with E-state index < -0.39 is 18.0 Å². The molecule has 0 aromatic heterocycles. The van der Waals surface area contributed by atoms with Gasteiger partial charge in [0.15, 0.2) is 0 Å². The van der Waals surface area contributed by atoms with Gasteiger partial charge >= 0.3 is 18.0 Å². The summed E-state index contributed by atoms with van der Waals surface area (Å²) in [6, 6.07) is 0. The van der Waals surface area contributed by atoms with Crippen LogP contribution in [-0.2, 0) is 28.5 Å². The first kappa shape index (κ1) is 20.1. The summed E-state index contributed by atoms with van der Waals surface area (Å²) in [6.07, 6.45) is 0.0905. The molecule has 0 fully saturated rings. The first-order valence-electron chi connectivity index (χ1n) is 6.80. The minimum absolute atomic E-state index is 0.0555. The monoisotopic (exact) mass is 317 g/mol. The molecular formula is C14H23NO7. The smallest absolute Gasteiger partial charge is 0.417 e. The molecular weight excluding hydrogens is 294 g/mol. The van der Waals surface area contributed by atoms with E-state index in [9.17, 15) is 14.4 Å². The highest BCUT2D eigenvalue weighted by Gasteiger charge is 2.18. The van der Waals surface area contributed by atoms with Crippen LogP contribution < -0.4 is 0 Å². The maximum atomic E-state index is 11.9. The molecule has 0 saturated carbocycles. The second-order valence-corrected chi connectivity index (χ2v) is 4.21. The Hall–Kier alpha value is -1.93. The third-order valence-electron chi connectivity index (χ3n) is 2.51. The van der Waals surface area contributed by atoms with E-state index in [0.717, 1.165) is 6.08 Å². The summed E-state index contributed by atoms with van der Waals surface area (Å²) in [7, 11) is 2.99. The minimum atomic E-state index is -0.935. The highest BCUT2D eigenvalue weighted by molar-refractivity contribution is 5.98. The van der Waals surface area contributed by atoms with Crippen LogP contribution in [0.25, 0.3) is 0 Å². The molecule has 22 heavy (non-hydrogen) atoms. The van der Waals surface area contributed by atoms with Crippen molar-refractivity contribution in [2.75, 3.05) is 47.1 Å². The number of methoxy groups -OCH3 is 2. The van der Waals surface area contributed by atoms with Gasteiger partial charge in [0.05, 0.1) is 19.8 Å². The molecule has 0 aliphatic carbocycles. The van der Waals surface area contributed by atoms with Crippen LogP contribution in [0.3, 0.4) is 0 Å². The Morgan fingerprint density at radius 2 is 1.59 bits per heavy atom. The van der Waals surface area contributed by atoms with Crippen LogP contribution in [0.4, 0.5) is 4.79 Å². The van der Waals surface area contributed by atoms with Crippen LogP contribution >= 0.6 is 0 Å². The quantitative estimate of drug-likeness (QED) is 0.352. The third-order valence-corrected chi connectivity index (χ3v) is 2.51. The van der Waals surface area contributed by atoms with E-state index in [-0.39, 0.29) is 25.3 Å². The largest absolute Gasteiger partial charge is 0.463 e. The van der Waals surface area contributed by atoms with Gasteiger partial charge in [0, 0.05) is 39.0 Å². The van der Waals surface area contributed by atoms with E-state index in [1.807, 2.05) is 0 Å². The zero-order chi connectivity index (χ0) is 17.0. The summed E-state index contributed by atoms with van der Waals surface area (Å²) in [5.74, 6) is -1.57. The number of carbonyl (C=O) groups is 3. The van der Waals surface area contributed by atoms with E-state index >= 15 is 0 Å². The molecule has 0 aromatic rings. The van der Waals surface area contributed by atoms with Crippen LogP contribution in [0, 0.1) is 0 Å². The maximum absolute atomic E-state index is 11.9. The second kappa shape index (κ2) is 11.7. The zero-order valence-electron chi connectivity index (χ0n) is 13.4. The van der Waals surface area contributed by atoms with Gasteiger partial charge in [-0.25, -0.2) is 14.4 Å². The molecule has 8 heteroatoms. The van der Waals surface area contributed by atoms with Crippen molar-refractivity contribution in [1.82, 2.24) is 4.90 Å². The lowest BCUT2D eigenvalue weighted by Crippen LogP contribution is -2.37. The summed E-state index contributed by atoms with van der Waals surface area (Å²) in [4.78, 5) is 36.1. The SMILES string of the molecule is CCOC(=O)/C(C)=C/C(=O)OC(=O)N(CCOC)CCOC. The molecule has 1 amide bonds. The average molecular weight is 317 g/mol. The van der Waals surface area contributed by atoms with Crippen LogP contribution in [0.15, 0.2) is 11.6 Å². The molecule has 0 bridgehead atoms. The van der Waals surface area contributed by atoms with Gasteiger partial charge < -0.3 is 23.8 Å². The summed E-state index contributed by atoms with van der Waals surface area (Å²) >= 11 is 0. The first-order valence-corrected chi connectivity index (χ1v) is 6.80. The Morgan fingerprint density at radius 3 is 2.05 bits per heavy atom. The summed E-state index contributed by atoms with van der Waals surface area (Å²) in [5.41, 5.74) is 0.0555. The molecule has 126 valence electrons. The number of hydrogen-bond acceptors (Lipinski definition) is 7. The predicted molar refractivity (Wildman–Crippen MR) is 77.2 cm³/mol. The summed E-state index contributed by atoms with van der Waals surface area (Å²) in [5, 5.41) is 0. The molecule has 0 unspecified atom stereocenters. The Kier molecular flexibility index (Phi) is 10.7. The van der Waals surface area contributed by atoms with Crippen molar-refractivity contribution in [3.8, 4) is 0 Å². The lowest BCUT2D eigenvalue weighted by Gasteiger charge is -2.20. The van der Waals surface area contributed by atoms with Gasteiger partial charge in [-0.15, -0.1) is 0 Å². The molecule has 0 aromatic carbocycles. The number of ether oxygens (including phenoxy) is 4. The van der Waals surface area contributed by atoms with Gasteiger partial charge in [0.25, 0.3) is 0 Å². The number of rotatable bonds is 9. The van der Waals surface area contributed by atoms with Crippen molar-refractivity contribution < 1.29 is 33.3 Å². The van der Waals surface area contributed by atoms with E-state index in [2.05, 4.69) is 4.74 Å². The molecule has 0 saturated heterocycles. The maximum Gasteiger partial charge on any atom is 0.417 e. The highest BCUT2D eigenvalue weighted by Crippen LogP contribution is 2.01. The van der Waals surface area contributed by atoms with E-state index in [4.69, 9.17) is 14.2 Å². The van der Waals surface area contributed by atoms with Gasteiger partial charge in [0.2, 0.25) is 0 Å². The topological polar surface area (TPSA) is 91.4 Å². The predicted octanol–water partition coefficient (Wildman–Crippen LogP) is 0.754. The van der Waals surface area contributed by atoms with Crippen LogP contribution in [0.1, 0.15) is 13.8 Å². The Morgan fingerprint density at radius 1 is 1.05 bits per heavy atom. The van der Waals surface area contributed by atoms with Crippen molar-refractivity contribution in [2.24, 2.45) is 0 Å². The van der Waals surface area contributed by atoms with Crippen molar-refractivity contribution in [3.05, 3.63) is 11.6 Å². The second-order valence-electron chi connectivity index (χ2n) is 4.21. The number of amides is 1. The van der Waals surface area contributed by atoms with Crippen LogP contribution in [0.5, 0.6) is 0 Å². The number of hydrogen-bond donors (Lipinski definition) is 0. The third kappa shape index (κ3) is 8.38. The van der Waals surface area contributed by atoms with E-state index in [0.29, 0.717) is 13.2 Å². The van der Waals surface area contributed by atoms with Gasteiger partial charge in [0.1, 0.15) is 0 Å². The highest BCUT2D eigenvalue weighted by atomic mass is 16.6. The standard InChI is InChI=1S/C14H23NO7/c1-5-21-13(17)11(2)10-12(16)22-14(18)15(6-8-19-3)7-9-20-4/h10H,5-9H2,1-4H3/b11-10+. The van der Waals surface area contributed by atoms with Gasteiger partial charge in [-0.1, -0.05) is 0 Å². The molecule has 0 aliphatic rings. The number of esters is 2. The molecule has 0 atom stereocenters. The Labute approximate surface area is 129 Å². The summed E-state index contributed by atoms with van der Waals surface area (Å²) in [6.45, 7) is 4.35. The number of carbonyl (C=O) groups excluding carboxylic acids is 3. The van der Waals surface area contributed by atoms with Crippen molar-refractivity contribution in [2.45, 2.75) is 13.8 Å². The fraction of sp³-hybridized carbons (Fsp3) is 0.643. The van der Waals surface area contributed by atoms with Crippen molar-refractivity contribution >= 4 is 18.0 Å². The van der Waals surface area contributed by atoms with Gasteiger partial charge in [-0.2, -0.15) is 0 Å². The van der Waals surface area contributed by atoms with Crippen LogP contribution in [0.2, 0.25) is 0 Å². The Bertz CT molecular complexity index is 398. The van der Waals surface area contributed by atoms with Crippen molar-refractivity contribution in [3.63, 3.8) is 0 Å². The van der Waals surface area contributed by atoms with E-state index in [1.165, 1.54) is 26.0 Å². The van der Waals surface area contributed by atoms with E-state index in [1.54, 1.807) is 6.92 Å².